The fourth-order valence-electron chi connectivity index (χ4n) is 2.59. The van der Waals surface area contributed by atoms with Crippen molar-refractivity contribution in [3.63, 3.8) is 0 Å². The topological polar surface area (TPSA) is 61.8 Å². The zero-order valence-corrected chi connectivity index (χ0v) is 11.5. The SMILES string of the molecule is CNC(C)(C)C(=O)N1CCC2=NCC(=O)C2(C)C1. The molecule has 0 saturated carbocycles. The predicted octanol–water partition coefficient (Wildman–Crippen LogP) is 0.247. The molecule has 100 valence electrons. The summed E-state index contributed by atoms with van der Waals surface area (Å²) in [5.74, 6) is 0.183. The third kappa shape index (κ3) is 1.86. The number of fused-ring (bicyclic) bond motifs is 1. The van der Waals surface area contributed by atoms with Gasteiger partial charge in [0.05, 0.1) is 17.5 Å². The van der Waals surface area contributed by atoms with E-state index in [1.807, 2.05) is 20.8 Å². The Morgan fingerprint density at radius 1 is 1.50 bits per heavy atom. The molecule has 5 nitrogen and oxygen atoms in total. The van der Waals surface area contributed by atoms with Gasteiger partial charge in [0, 0.05) is 25.2 Å². The summed E-state index contributed by atoms with van der Waals surface area (Å²) in [6.45, 7) is 7.03. The molecule has 2 aliphatic heterocycles. The number of nitrogens with zero attached hydrogens (tertiary/aromatic N) is 2. The maximum Gasteiger partial charge on any atom is 0.242 e. The summed E-state index contributed by atoms with van der Waals surface area (Å²) in [6.07, 6.45) is 0.716. The lowest BCUT2D eigenvalue weighted by Crippen LogP contribution is -2.59. The van der Waals surface area contributed by atoms with Crippen LogP contribution in [-0.2, 0) is 9.59 Å². The smallest absolute Gasteiger partial charge is 0.242 e. The van der Waals surface area contributed by atoms with Crippen molar-refractivity contribution < 1.29 is 9.59 Å². The van der Waals surface area contributed by atoms with E-state index >= 15 is 0 Å². The number of amides is 1. The van der Waals surface area contributed by atoms with Gasteiger partial charge < -0.3 is 10.2 Å². The van der Waals surface area contributed by atoms with E-state index in [0.29, 0.717) is 19.5 Å². The Balaban J connectivity index is 2.18. The highest BCUT2D eigenvalue weighted by Gasteiger charge is 2.48. The third-order valence-electron chi connectivity index (χ3n) is 4.24. The van der Waals surface area contributed by atoms with E-state index in [0.717, 1.165) is 5.71 Å². The number of rotatable bonds is 2. The van der Waals surface area contributed by atoms with E-state index in [1.165, 1.54) is 0 Å². The Morgan fingerprint density at radius 3 is 2.78 bits per heavy atom. The molecule has 0 aromatic rings. The van der Waals surface area contributed by atoms with Gasteiger partial charge in [-0.3, -0.25) is 14.6 Å². The van der Waals surface area contributed by atoms with Gasteiger partial charge in [0.1, 0.15) is 0 Å². The summed E-state index contributed by atoms with van der Waals surface area (Å²) in [6, 6.07) is 0. The molecular weight excluding hydrogens is 230 g/mol. The molecule has 2 heterocycles. The Hall–Kier alpha value is -1.23. The van der Waals surface area contributed by atoms with Crippen molar-refractivity contribution in [3.8, 4) is 0 Å². The molecule has 1 saturated heterocycles. The van der Waals surface area contributed by atoms with Crippen LogP contribution in [0.5, 0.6) is 0 Å². The highest BCUT2D eigenvalue weighted by atomic mass is 16.2. The minimum Gasteiger partial charge on any atom is -0.339 e. The maximum atomic E-state index is 12.4. The number of hydrogen-bond donors (Lipinski definition) is 1. The molecule has 5 heteroatoms. The summed E-state index contributed by atoms with van der Waals surface area (Å²) >= 11 is 0. The maximum absolute atomic E-state index is 12.4. The van der Waals surface area contributed by atoms with Gasteiger partial charge in [-0.25, -0.2) is 0 Å². The van der Waals surface area contributed by atoms with Crippen LogP contribution in [0.25, 0.3) is 0 Å². The highest BCUT2D eigenvalue weighted by molar-refractivity contribution is 6.15. The van der Waals surface area contributed by atoms with Gasteiger partial charge in [-0.1, -0.05) is 0 Å². The second-order valence-corrected chi connectivity index (χ2v) is 5.87. The molecule has 0 bridgehead atoms. The van der Waals surface area contributed by atoms with Crippen molar-refractivity contribution >= 4 is 17.4 Å². The van der Waals surface area contributed by atoms with Gasteiger partial charge in [0.25, 0.3) is 0 Å². The van der Waals surface area contributed by atoms with Crippen LogP contribution in [0.1, 0.15) is 27.2 Å². The van der Waals surface area contributed by atoms with Crippen LogP contribution in [0, 0.1) is 5.41 Å². The average Bonchev–Trinajstić information content (AvgIpc) is 2.64. The molecule has 1 atom stereocenters. The summed E-state index contributed by atoms with van der Waals surface area (Å²) in [7, 11) is 1.77. The van der Waals surface area contributed by atoms with Crippen molar-refractivity contribution in [1.82, 2.24) is 10.2 Å². The molecule has 1 unspecified atom stereocenters. The Bertz CT molecular complexity index is 428. The highest BCUT2D eigenvalue weighted by Crippen LogP contribution is 2.33. The van der Waals surface area contributed by atoms with Crippen molar-refractivity contribution in [2.75, 3.05) is 26.7 Å². The zero-order chi connectivity index (χ0) is 13.6. The predicted molar refractivity (Wildman–Crippen MR) is 69.8 cm³/mol. The van der Waals surface area contributed by atoms with Crippen LogP contribution in [0.2, 0.25) is 0 Å². The normalized spacial score (nSPS) is 28.1. The van der Waals surface area contributed by atoms with Crippen molar-refractivity contribution in [3.05, 3.63) is 0 Å². The second-order valence-electron chi connectivity index (χ2n) is 5.87. The number of carbonyl (C=O) groups is 2. The number of ketones is 1. The molecule has 2 aliphatic rings. The number of likely N-dealkylation sites (tertiary alicyclic amines) is 1. The number of piperidine rings is 1. The molecule has 0 aliphatic carbocycles. The van der Waals surface area contributed by atoms with Crippen LogP contribution >= 0.6 is 0 Å². The summed E-state index contributed by atoms with van der Waals surface area (Å²) in [5, 5.41) is 3.02. The summed E-state index contributed by atoms with van der Waals surface area (Å²) < 4.78 is 0. The first-order valence-corrected chi connectivity index (χ1v) is 6.36. The third-order valence-corrected chi connectivity index (χ3v) is 4.24. The zero-order valence-electron chi connectivity index (χ0n) is 11.5. The molecule has 18 heavy (non-hydrogen) atoms. The fraction of sp³-hybridized carbons (Fsp3) is 0.769. The molecule has 0 radical (unpaired) electrons. The summed E-state index contributed by atoms with van der Waals surface area (Å²) in [4.78, 5) is 30.4. The quantitative estimate of drug-likeness (QED) is 0.765. The average molecular weight is 251 g/mol. The van der Waals surface area contributed by atoms with Gasteiger partial charge in [-0.15, -0.1) is 0 Å². The largest absolute Gasteiger partial charge is 0.339 e. The van der Waals surface area contributed by atoms with Crippen molar-refractivity contribution in [2.45, 2.75) is 32.7 Å². The first-order chi connectivity index (χ1) is 8.31. The number of Topliss-reactive ketones (excluding diaryl/α,β-unsaturated/α-hetero) is 1. The van der Waals surface area contributed by atoms with E-state index < -0.39 is 11.0 Å². The van der Waals surface area contributed by atoms with E-state index in [9.17, 15) is 9.59 Å². The molecular formula is C13H21N3O2. The lowest BCUT2D eigenvalue weighted by atomic mass is 9.78. The van der Waals surface area contributed by atoms with Gasteiger partial charge >= 0.3 is 0 Å². The minimum absolute atomic E-state index is 0.0463. The lowest BCUT2D eigenvalue weighted by molar-refractivity contribution is -0.139. The number of hydrogen-bond acceptors (Lipinski definition) is 4. The van der Waals surface area contributed by atoms with E-state index in [1.54, 1.807) is 11.9 Å². The molecule has 1 amide bonds. The van der Waals surface area contributed by atoms with Gasteiger partial charge in [0.15, 0.2) is 5.78 Å². The van der Waals surface area contributed by atoms with Crippen molar-refractivity contribution in [2.24, 2.45) is 10.4 Å². The molecule has 0 aromatic carbocycles. The molecule has 0 spiro atoms. The Labute approximate surface area is 108 Å². The van der Waals surface area contributed by atoms with Crippen LogP contribution < -0.4 is 5.32 Å². The molecule has 0 aromatic heterocycles. The van der Waals surface area contributed by atoms with E-state index in [4.69, 9.17) is 0 Å². The molecule has 1 fully saturated rings. The Kier molecular flexibility index (Phi) is 3.05. The van der Waals surface area contributed by atoms with Crippen LogP contribution in [-0.4, -0.2) is 54.5 Å². The monoisotopic (exact) mass is 251 g/mol. The number of carbonyl (C=O) groups excluding carboxylic acids is 2. The summed E-state index contributed by atoms with van der Waals surface area (Å²) in [5.41, 5.74) is -0.163. The minimum atomic E-state index is -0.591. The van der Waals surface area contributed by atoms with Gasteiger partial charge in [-0.2, -0.15) is 0 Å². The second kappa shape index (κ2) is 4.16. The fourth-order valence-corrected chi connectivity index (χ4v) is 2.59. The molecule has 2 rings (SSSR count). The van der Waals surface area contributed by atoms with E-state index in [-0.39, 0.29) is 18.2 Å². The first kappa shape index (κ1) is 13.2. The van der Waals surface area contributed by atoms with Crippen LogP contribution in [0.4, 0.5) is 0 Å². The van der Waals surface area contributed by atoms with Gasteiger partial charge in [-0.05, 0) is 27.8 Å². The van der Waals surface area contributed by atoms with Crippen LogP contribution in [0.15, 0.2) is 4.99 Å². The first-order valence-electron chi connectivity index (χ1n) is 6.36. The molecule has 1 N–H and O–H groups in total. The van der Waals surface area contributed by atoms with E-state index in [2.05, 4.69) is 10.3 Å². The standard InChI is InChI=1S/C13H21N3O2/c1-12(2,14-4)11(18)16-6-5-9-13(3,8-16)10(17)7-15-9/h14H,5-8H2,1-4H3. The van der Waals surface area contributed by atoms with Crippen LogP contribution in [0.3, 0.4) is 0 Å². The van der Waals surface area contributed by atoms with Gasteiger partial charge in [0.2, 0.25) is 5.91 Å². The number of aliphatic imine (C=N–C) groups is 1. The van der Waals surface area contributed by atoms with Crippen molar-refractivity contribution in [1.29, 1.82) is 0 Å². The Morgan fingerprint density at radius 2 is 2.17 bits per heavy atom. The number of nitrogens with one attached hydrogen (secondary N) is 1. The lowest BCUT2D eigenvalue weighted by Gasteiger charge is -2.40. The number of likely N-dealkylation sites (N-methyl/N-ethyl adjacent to an activating group) is 1.